The van der Waals surface area contributed by atoms with Crippen LogP contribution in [0.1, 0.15) is 40.4 Å². The number of hydrogen-bond acceptors (Lipinski definition) is 2. The molecule has 23 heavy (non-hydrogen) atoms. The maximum absolute atomic E-state index is 13.1. The molecule has 4 heteroatoms. The van der Waals surface area contributed by atoms with Gasteiger partial charge in [-0.05, 0) is 37.5 Å². The number of amides is 1. The minimum absolute atomic E-state index is 0.155. The molecule has 1 amide bonds. The number of benzene rings is 2. The molecule has 1 aliphatic heterocycles. The lowest BCUT2D eigenvalue weighted by atomic mass is 10.0. The van der Waals surface area contributed by atoms with E-state index < -0.39 is 11.7 Å². The van der Waals surface area contributed by atoms with Crippen LogP contribution in [0.4, 0.5) is 4.39 Å². The maximum atomic E-state index is 13.1. The number of carbonyl (C=O) groups is 2. The number of Topliss-reactive ketones (excluding diaryl/α,β-unsaturated/α-hetero) is 1. The summed E-state index contributed by atoms with van der Waals surface area (Å²) < 4.78 is 13.1. The minimum atomic E-state index is -0.487. The molecule has 1 atom stereocenters. The van der Waals surface area contributed by atoms with Crippen LogP contribution in [0.5, 0.6) is 0 Å². The van der Waals surface area contributed by atoms with Crippen LogP contribution in [0.25, 0.3) is 0 Å². The molecular weight excluding hydrogens is 293 g/mol. The fraction of sp³-hybridized carbons (Fsp3) is 0.263. The maximum Gasteiger partial charge on any atom is 0.295 e. The molecule has 118 valence electrons. The average molecular weight is 311 g/mol. The van der Waals surface area contributed by atoms with Gasteiger partial charge < -0.3 is 4.90 Å². The zero-order valence-electron chi connectivity index (χ0n) is 13.0. The Hall–Kier alpha value is -2.49. The van der Waals surface area contributed by atoms with E-state index in [4.69, 9.17) is 0 Å². The number of hydrogen-bond donors (Lipinski definition) is 0. The highest BCUT2D eigenvalue weighted by molar-refractivity contribution is 6.42. The van der Waals surface area contributed by atoms with Crippen molar-refractivity contribution in [2.24, 2.45) is 0 Å². The van der Waals surface area contributed by atoms with Crippen LogP contribution in [-0.4, -0.2) is 23.1 Å². The second-order valence-electron chi connectivity index (χ2n) is 5.90. The number of aryl methyl sites for hydroxylation is 1. The predicted octanol–water partition coefficient (Wildman–Crippen LogP) is 3.68. The van der Waals surface area contributed by atoms with Crippen LogP contribution in [0.2, 0.25) is 0 Å². The van der Waals surface area contributed by atoms with Crippen molar-refractivity contribution in [2.45, 2.75) is 25.8 Å². The Kier molecular flexibility index (Phi) is 4.24. The van der Waals surface area contributed by atoms with E-state index in [0.29, 0.717) is 12.1 Å². The summed E-state index contributed by atoms with van der Waals surface area (Å²) in [5.74, 6) is -1.28. The van der Waals surface area contributed by atoms with Crippen LogP contribution >= 0.6 is 0 Å². The van der Waals surface area contributed by atoms with E-state index in [-0.39, 0.29) is 11.9 Å². The first-order valence-electron chi connectivity index (χ1n) is 7.73. The summed E-state index contributed by atoms with van der Waals surface area (Å²) in [6, 6.07) is 13.0. The number of rotatable bonds is 3. The Bertz CT molecular complexity index is 722. The van der Waals surface area contributed by atoms with Crippen LogP contribution < -0.4 is 0 Å². The molecule has 0 N–H and O–H groups in total. The van der Waals surface area contributed by atoms with Crippen LogP contribution in [0, 0.1) is 12.7 Å². The van der Waals surface area contributed by atoms with Gasteiger partial charge in [-0.2, -0.15) is 0 Å². The molecule has 0 aromatic heterocycles. The molecule has 1 fully saturated rings. The second kappa shape index (κ2) is 6.32. The molecule has 1 aliphatic rings. The molecule has 3 nitrogen and oxygen atoms in total. The van der Waals surface area contributed by atoms with E-state index in [1.165, 1.54) is 12.1 Å². The van der Waals surface area contributed by atoms with Crippen molar-refractivity contribution in [1.82, 2.24) is 4.90 Å². The molecule has 0 saturated carbocycles. The third-order valence-corrected chi connectivity index (χ3v) is 4.28. The van der Waals surface area contributed by atoms with Crippen molar-refractivity contribution in [3.8, 4) is 0 Å². The fourth-order valence-electron chi connectivity index (χ4n) is 3.00. The summed E-state index contributed by atoms with van der Waals surface area (Å²) in [4.78, 5) is 26.6. The summed E-state index contributed by atoms with van der Waals surface area (Å²) in [5, 5.41) is 0. The molecule has 1 heterocycles. The van der Waals surface area contributed by atoms with E-state index in [9.17, 15) is 14.0 Å². The van der Waals surface area contributed by atoms with Gasteiger partial charge in [0.25, 0.3) is 5.91 Å². The number of likely N-dealkylation sites (tertiary alicyclic amines) is 1. The monoisotopic (exact) mass is 311 g/mol. The molecule has 2 aromatic carbocycles. The number of halogens is 1. The summed E-state index contributed by atoms with van der Waals surface area (Å²) in [6.07, 6.45) is 1.63. The molecule has 2 aromatic rings. The predicted molar refractivity (Wildman–Crippen MR) is 85.6 cm³/mol. The van der Waals surface area contributed by atoms with E-state index in [1.807, 2.05) is 19.1 Å². The summed E-state index contributed by atoms with van der Waals surface area (Å²) in [6.45, 7) is 2.49. The Balaban J connectivity index is 1.81. The highest BCUT2D eigenvalue weighted by Gasteiger charge is 2.33. The fourth-order valence-corrected chi connectivity index (χ4v) is 3.00. The van der Waals surface area contributed by atoms with Gasteiger partial charge in [-0.15, -0.1) is 0 Å². The molecule has 0 radical (unpaired) electrons. The first-order valence-corrected chi connectivity index (χ1v) is 7.73. The summed E-state index contributed by atoms with van der Waals surface area (Å²) in [5.41, 5.74) is 2.32. The van der Waals surface area contributed by atoms with Gasteiger partial charge in [0.05, 0.1) is 6.04 Å². The highest BCUT2D eigenvalue weighted by atomic mass is 19.1. The molecule has 0 aliphatic carbocycles. The summed E-state index contributed by atoms with van der Waals surface area (Å²) >= 11 is 0. The van der Waals surface area contributed by atoms with Crippen molar-refractivity contribution in [3.63, 3.8) is 0 Å². The van der Waals surface area contributed by atoms with Crippen molar-refractivity contribution in [3.05, 3.63) is 71.0 Å². The Morgan fingerprint density at radius 2 is 1.70 bits per heavy atom. The molecule has 3 rings (SSSR count). The van der Waals surface area contributed by atoms with Crippen LogP contribution in [-0.2, 0) is 4.79 Å². The molecular formula is C19H18FNO2. The minimum Gasteiger partial charge on any atom is -0.329 e. The van der Waals surface area contributed by atoms with Crippen LogP contribution in [0.3, 0.4) is 0 Å². The van der Waals surface area contributed by atoms with Gasteiger partial charge in [-0.3, -0.25) is 9.59 Å². The topological polar surface area (TPSA) is 37.4 Å². The van der Waals surface area contributed by atoms with Gasteiger partial charge in [0, 0.05) is 12.1 Å². The highest BCUT2D eigenvalue weighted by Crippen LogP contribution is 2.32. The first-order chi connectivity index (χ1) is 11.1. The first kappa shape index (κ1) is 15.4. The normalized spacial score (nSPS) is 17.3. The third-order valence-electron chi connectivity index (χ3n) is 4.28. The van der Waals surface area contributed by atoms with Gasteiger partial charge in [-0.25, -0.2) is 4.39 Å². The zero-order valence-corrected chi connectivity index (χ0v) is 13.0. The van der Waals surface area contributed by atoms with Crippen LogP contribution in [0.15, 0.2) is 48.5 Å². The lowest BCUT2D eigenvalue weighted by Gasteiger charge is -2.24. The number of nitrogens with zero attached hydrogens (tertiary/aromatic N) is 1. The Morgan fingerprint density at radius 1 is 1.04 bits per heavy atom. The Labute approximate surface area is 134 Å². The quantitative estimate of drug-likeness (QED) is 0.640. The van der Waals surface area contributed by atoms with Crippen molar-refractivity contribution < 1.29 is 14.0 Å². The van der Waals surface area contributed by atoms with Gasteiger partial charge in [0.15, 0.2) is 0 Å². The van der Waals surface area contributed by atoms with Crippen molar-refractivity contribution in [1.29, 1.82) is 0 Å². The van der Waals surface area contributed by atoms with E-state index in [1.54, 1.807) is 29.2 Å². The van der Waals surface area contributed by atoms with E-state index in [2.05, 4.69) is 0 Å². The smallest absolute Gasteiger partial charge is 0.295 e. The van der Waals surface area contributed by atoms with Crippen molar-refractivity contribution >= 4 is 11.7 Å². The van der Waals surface area contributed by atoms with E-state index in [0.717, 1.165) is 24.0 Å². The molecule has 0 bridgehead atoms. The summed E-state index contributed by atoms with van der Waals surface area (Å²) in [7, 11) is 0. The molecule has 0 spiro atoms. The third kappa shape index (κ3) is 3.16. The second-order valence-corrected chi connectivity index (χ2v) is 5.90. The van der Waals surface area contributed by atoms with E-state index >= 15 is 0 Å². The van der Waals surface area contributed by atoms with Crippen molar-refractivity contribution in [2.75, 3.05) is 6.54 Å². The van der Waals surface area contributed by atoms with Gasteiger partial charge in [0.2, 0.25) is 5.78 Å². The van der Waals surface area contributed by atoms with Gasteiger partial charge in [-0.1, -0.05) is 42.0 Å². The molecule has 1 unspecified atom stereocenters. The SMILES string of the molecule is Cc1ccc(C(=O)C(=O)N2CCCC2c2ccc(F)cc2)cc1. The number of ketones is 1. The largest absolute Gasteiger partial charge is 0.329 e. The Morgan fingerprint density at radius 3 is 2.35 bits per heavy atom. The lowest BCUT2D eigenvalue weighted by molar-refractivity contribution is -0.127. The average Bonchev–Trinajstić information content (AvgIpc) is 3.04. The number of carbonyl (C=O) groups excluding carboxylic acids is 2. The van der Waals surface area contributed by atoms with Gasteiger partial charge >= 0.3 is 0 Å². The van der Waals surface area contributed by atoms with Gasteiger partial charge in [0.1, 0.15) is 5.82 Å². The lowest BCUT2D eigenvalue weighted by Crippen LogP contribution is -2.36. The zero-order chi connectivity index (χ0) is 16.4. The molecule has 1 saturated heterocycles. The standard InChI is InChI=1S/C19H18FNO2/c1-13-4-6-15(7-5-13)18(22)19(23)21-12-2-3-17(21)14-8-10-16(20)11-9-14/h4-11,17H,2-3,12H2,1H3.